The van der Waals surface area contributed by atoms with Crippen LogP contribution in [0, 0.1) is 0 Å². The molecule has 0 aliphatic rings. The second-order valence-corrected chi connectivity index (χ2v) is 9.86. The van der Waals surface area contributed by atoms with Crippen LogP contribution in [0.5, 0.6) is 23.0 Å². The highest BCUT2D eigenvalue weighted by molar-refractivity contribution is 9.10. The molecular weight excluding hydrogens is 608 g/mol. The molecule has 10 nitrogen and oxygen atoms in total. The Labute approximate surface area is 249 Å². The molecule has 2 N–H and O–H groups in total. The van der Waals surface area contributed by atoms with E-state index in [1.54, 1.807) is 66.7 Å². The first kappa shape index (κ1) is 28.6. The Balaban J connectivity index is 1.87. The van der Waals surface area contributed by atoms with Crippen molar-refractivity contribution in [2.24, 2.45) is 0 Å². The Kier molecular flexibility index (Phi) is 8.12. The van der Waals surface area contributed by atoms with Crippen LogP contribution in [0.1, 0.15) is 27.9 Å². The first-order valence-corrected chi connectivity index (χ1v) is 13.4. The summed E-state index contributed by atoms with van der Waals surface area (Å²) in [7, 11) is 5.80. The summed E-state index contributed by atoms with van der Waals surface area (Å²) in [5.41, 5.74) is 6.77. The molecule has 3 aromatic carbocycles. The van der Waals surface area contributed by atoms with Crippen molar-refractivity contribution in [3.8, 4) is 28.7 Å². The van der Waals surface area contributed by atoms with E-state index in [1.807, 2.05) is 0 Å². The maximum absolute atomic E-state index is 14.0. The second kappa shape index (κ2) is 11.9. The number of anilines is 1. The average Bonchev–Trinajstić information content (AvgIpc) is 3.55. The third kappa shape index (κ3) is 5.14. The van der Waals surface area contributed by atoms with Crippen molar-refractivity contribution < 1.29 is 32.9 Å². The largest absolute Gasteiger partial charge is 0.497 e. The number of nitrogen functional groups attached to an aromatic ring is 1. The number of rotatable bonds is 9. The van der Waals surface area contributed by atoms with Crippen molar-refractivity contribution in [1.82, 2.24) is 4.57 Å². The maximum atomic E-state index is 14.0. The molecule has 0 bridgehead atoms. The van der Waals surface area contributed by atoms with Gasteiger partial charge in [0.15, 0.2) is 17.5 Å². The third-order valence-electron chi connectivity index (χ3n) is 6.68. The molecule has 5 rings (SSSR count). The van der Waals surface area contributed by atoms with Crippen LogP contribution in [-0.4, -0.2) is 39.0 Å². The van der Waals surface area contributed by atoms with Crippen LogP contribution in [0.15, 0.2) is 86.7 Å². The number of nitrogens with two attached hydrogens (primary N) is 1. The van der Waals surface area contributed by atoms with E-state index in [2.05, 4.69) is 15.9 Å². The van der Waals surface area contributed by atoms with Gasteiger partial charge in [-0.1, -0.05) is 0 Å². The molecule has 0 saturated carbocycles. The molecule has 216 valence electrons. The summed E-state index contributed by atoms with van der Waals surface area (Å²) in [6.45, 7) is 0. The molecule has 2 aromatic heterocycles. The molecule has 2 heterocycles. The fraction of sp³-hybridized carbons (Fsp3) is 0.161. The van der Waals surface area contributed by atoms with Crippen molar-refractivity contribution in [1.29, 1.82) is 0 Å². The van der Waals surface area contributed by atoms with Gasteiger partial charge in [0.2, 0.25) is 0 Å². The minimum atomic E-state index is -0.925. The van der Waals surface area contributed by atoms with Gasteiger partial charge in [-0.3, -0.25) is 9.36 Å². The third-order valence-corrected chi connectivity index (χ3v) is 7.46. The Hall–Kier alpha value is -4.90. The number of pyridine rings is 1. The predicted molar refractivity (Wildman–Crippen MR) is 160 cm³/mol. The summed E-state index contributed by atoms with van der Waals surface area (Å²) >= 11 is 3.50. The molecule has 0 amide bonds. The first-order valence-electron chi connectivity index (χ1n) is 12.6. The van der Waals surface area contributed by atoms with Crippen molar-refractivity contribution >= 4 is 38.4 Å². The van der Waals surface area contributed by atoms with Gasteiger partial charge in [-0.25, -0.2) is 4.79 Å². The summed E-state index contributed by atoms with van der Waals surface area (Å²) in [6, 6.07) is 18.4. The lowest BCUT2D eigenvalue weighted by atomic mass is 10.0. The fourth-order valence-electron chi connectivity index (χ4n) is 4.64. The van der Waals surface area contributed by atoms with Crippen LogP contribution in [0.4, 0.5) is 5.69 Å². The van der Waals surface area contributed by atoms with E-state index in [9.17, 15) is 9.59 Å². The average molecular weight is 635 g/mol. The predicted octanol–water partition coefficient (Wildman–Crippen LogP) is 5.91. The van der Waals surface area contributed by atoms with E-state index in [1.165, 1.54) is 39.3 Å². The van der Waals surface area contributed by atoms with Crippen molar-refractivity contribution in [3.05, 3.63) is 105 Å². The summed E-state index contributed by atoms with van der Waals surface area (Å²) in [4.78, 5) is 27.5. The van der Waals surface area contributed by atoms with Crippen LogP contribution in [0.3, 0.4) is 0 Å². The van der Waals surface area contributed by atoms with Gasteiger partial charge in [-0.05, 0) is 82.7 Å². The minimum Gasteiger partial charge on any atom is -0.497 e. The summed E-state index contributed by atoms with van der Waals surface area (Å²) in [5.74, 6) is 1.10. The van der Waals surface area contributed by atoms with E-state index in [0.29, 0.717) is 49.8 Å². The van der Waals surface area contributed by atoms with Gasteiger partial charge in [0.05, 0.1) is 40.1 Å². The molecule has 1 unspecified atom stereocenters. The molecule has 42 heavy (non-hydrogen) atoms. The van der Waals surface area contributed by atoms with Gasteiger partial charge in [-0.15, -0.1) is 0 Å². The Bertz CT molecular complexity index is 1790. The lowest BCUT2D eigenvalue weighted by Gasteiger charge is -2.24. The highest BCUT2D eigenvalue weighted by atomic mass is 79.9. The number of aromatic nitrogens is 1. The van der Waals surface area contributed by atoms with Gasteiger partial charge in [0, 0.05) is 22.3 Å². The van der Waals surface area contributed by atoms with Crippen LogP contribution in [0.2, 0.25) is 0 Å². The van der Waals surface area contributed by atoms with Gasteiger partial charge < -0.3 is 33.8 Å². The van der Waals surface area contributed by atoms with Crippen LogP contribution in [-0.2, 0) is 4.74 Å². The number of benzene rings is 3. The second-order valence-electron chi connectivity index (χ2n) is 9.07. The highest BCUT2D eigenvalue weighted by Crippen LogP contribution is 2.42. The number of carbonyl (C=O) groups excluding carboxylic acids is 1. The van der Waals surface area contributed by atoms with Gasteiger partial charge in [0.25, 0.3) is 5.56 Å². The number of fused-ring (bicyclic) bond motifs is 1. The summed E-state index contributed by atoms with van der Waals surface area (Å²) in [5, 5.41) is 0.610. The number of methoxy groups -OCH3 is 4. The molecule has 0 aliphatic carbocycles. The van der Waals surface area contributed by atoms with E-state index in [0.717, 1.165) is 0 Å². The van der Waals surface area contributed by atoms with Crippen molar-refractivity contribution in [2.75, 3.05) is 34.2 Å². The Morgan fingerprint density at radius 3 is 2.17 bits per heavy atom. The van der Waals surface area contributed by atoms with E-state index < -0.39 is 17.6 Å². The number of nitrogens with zero attached hydrogens (tertiary/aromatic N) is 1. The zero-order valence-corrected chi connectivity index (χ0v) is 24.8. The topological polar surface area (TPSA) is 124 Å². The SMILES string of the molecule is COC(=O)c1c(OC(c2cc(OC)c(Br)c(OC)c2)c2ccco2)c2cc(OC)ccc2c(=O)n1-c1ccc(N)cc1. The molecular formula is C31H27BrN2O8. The molecule has 0 aliphatic heterocycles. The summed E-state index contributed by atoms with van der Waals surface area (Å²) in [6.07, 6.45) is 0.586. The number of esters is 1. The number of ether oxygens (including phenoxy) is 5. The lowest BCUT2D eigenvalue weighted by Crippen LogP contribution is -2.27. The zero-order valence-electron chi connectivity index (χ0n) is 23.2. The number of halogens is 1. The number of hydrogen-bond donors (Lipinski definition) is 1. The number of hydrogen-bond acceptors (Lipinski definition) is 9. The maximum Gasteiger partial charge on any atom is 0.359 e. The normalized spacial score (nSPS) is 11.6. The minimum absolute atomic E-state index is 0.0643. The molecule has 0 fully saturated rings. The molecule has 0 radical (unpaired) electrons. The van der Waals surface area contributed by atoms with Gasteiger partial charge in [0.1, 0.15) is 27.5 Å². The molecule has 0 spiro atoms. The fourth-order valence-corrected chi connectivity index (χ4v) is 5.19. The van der Waals surface area contributed by atoms with E-state index >= 15 is 0 Å². The van der Waals surface area contributed by atoms with Gasteiger partial charge in [-0.2, -0.15) is 0 Å². The van der Waals surface area contributed by atoms with E-state index in [4.69, 9.17) is 33.8 Å². The molecule has 0 saturated heterocycles. The van der Waals surface area contributed by atoms with Gasteiger partial charge >= 0.3 is 5.97 Å². The highest BCUT2D eigenvalue weighted by Gasteiger charge is 2.30. The number of furan rings is 1. The van der Waals surface area contributed by atoms with Crippen molar-refractivity contribution in [2.45, 2.75) is 6.10 Å². The quantitative estimate of drug-likeness (QED) is 0.156. The first-order chi connectivity index (χ1) is 20.3. The van der Waals surface area contributed by atoms with Crippen molar-refractivity contribution in [3.63, 3.8) is 0 Å². The standard InChI is InChI=1S/C31H27BrN2O8/c1-37-20-11-12-21-22(16-20)29(27(31(36)40-4)34(30(21)35)19-9-7-18(33)8-10-19)42-28(23-6-5-13-41-23)17-14-24(38-2)26(32)25(15-17)39-3/h5-16,28H,33H2,1-4H3. The van der Waals surface area contributed by atoms with Crippen LogP contribution < -0.4 is 30.2 Å². The molecule has 5 aromatic rings. The summed E-state index contributed by atoms with van der Waals surface area (Å²) < 4.78 is 36.2. The zero-order chi connectivity index (χ0) is 30.0. The smallest absolute Gasteiger partial charge is 0.359 e. The Morgan fingerprint density at radius 1 is 0.905 bits per heavy atom. The van der Waals surface area contributed by atoms with E-state index in [-0.39, 0.29) is 16.8 Å². The lowest BCUT2D eigenvalue weighted by molar-refractivity contribution is 0.0582. The number of carbonyl (C=O) groups is 1. The Morgan fingerprint density at radius 2 is 1.60 bits per heavy atom. The molecule has 1 atom stereocenters. The van der Waals surface area contributed by atoms with Crippen LogP contribution >= 0.6 is 15.9 Å². The van der Waals surface area contributed by atoms with Crippen LogP contribution in [0.25, 0.3) is 16.5 Å². The monoisotopic (exact) mass is 634 g/mol. The molecule has 11 heteroatoms.